The summed E-state index contributed by atoms with van der Waals surface area (Å²) in [6.07, 6.45) is -0.105. The van der Waals surface area contributed by atoms with Crippen LogP contribution in [0.1, 0.15) is 34.7 Å². The van der Waals surface area contributed by atoms with Gasteiger partial charge in [-0.25, -0.2) is 0 Å². The van der Waals surface area contributed by atoms with Gasteiger partial charge >= 0.3 is 5.97 Å². The highest BCUT2D eigenvalue weighted by atomic mass is 16.4. The first-order valence-corrected chi connectivity index (χ1v) is 5.11. The first-order valence-electron chi connectivity index (χ1n) is 5.11. The molecule has 0 aliphatic heterocycles. The number of phenols is 1. The van der Waals surface area contributed by atoms with E-state index >= 15 is 0 Å². The molecule has 88 valence electrons. The molecule has 0 aliphatic rings. The summed E-state index contributed by atoms with van der Waals surface area (Å²) in [4.78, 5) is 10.6. The summed E-state index contributed by atoms with van der Waals surface area (Å²) in [7, 11) is 0. The summed E-state index contributed by atoms with van der Waals surface area (Å²) in [6.45, 7) is 5.46. The fourth-order valence-electron chi connectivity index (χ4n) is 1.94. The molecule has 1 unspecified atom stereocenters. The third-order valence-electron chi connectivity index (χ3n) is 2.89. The van der Waals surface area contributed by atoms with Gasteiger partial charge in [-0.05, 0) is 49.1 Å². The molecular formula is C12H17NO3. The molecule has 0 saturated carbocycles. The Morgan fingerprint density at radius 3 is 2.44 bits per heavy atom. The lowest BCUT2D eigenvalue weighted by Crippen LogP contribution is -2.17. The Hall–Kier alpha value is -1.55. The lowest BCUT2D eigenvalue weighted by Gasteiger charge is -2.18. The van der Waals surface area contributed by atoms with Crippen molar-refractivity contribution in [3.05, 3.63) is 28.3 Å². The van der Waals surface area contributed by atoms with Gasteiger partial charge in [-0.1, -0.05) is 0 Å². The van der Waals surface area contributed by atoms with Gasteiger partial charge in [0.2, 0.25) is 0 Å². The van der Waals surface area contributed by atoms with Crippen molar-refractivity contribution in [2.24, 2.45) is 5.73 Å². The smallest absolute Gasteiger partial charge is 0.305 e. The van der Waals surface area contributed by atoms with Gasteiger partial charge in [-0.2, -0.15) is 0 Å². The highest BCUT2D eigenvalue weighted by molar-refractivity contribution is 5.68. The number of carbonyl (C=O) groups is 1. The number of phenolic OH excluding ortho intramolecular Hbond substituents is 1. The van der Waals surface area contributed by atoms with E-state index in [2.05, 4.69) is 0 Å². The SMILES string of the molecule is Cc1cc(O)c(C)c(C)c1C(N)CC(=O)O. The number of aryl methyl sites for hydroxylation is 1. The fourth-order valence-corrected chi connectivity index (χ4v) is 1.94. The number of benzene rings is 1. The van der Waals surface area contributed by atoms with Gasteiger partial charge in [-0.3, -0.25) is 4.79 Å². The monoisotopic (exact) mass is 223 g/mol. The molecular weight excluding hydrogens is 206 g/mol. The second-order valence-corrected chi connectivity index (χ2v) is 4.08. The average Bonchev–Trinajstić information content (AvgIpc) is 2.13. The van der Waals surface area contributed by atoms with Crippen molar-refractivity contribution < 1.29 is 15.0 Å². The van der Waals surface area contributed by atoms with Gasteiger partial charge in [-0.15, -0.1) is 0 Å². The third-order valence-corrected chi connectivity index (χ3v) is 2.89. The molecule has 16 heavy (non-hydrogen) atoms. The maximum atomic E-state index is 10.6. The molecule has 0 radical (unpaired) electrons. The Bertz CT molecular complexity index is 427. The van der Waals surface area contributed by atoms with Crippen molar-refractivity contribution in [1.29, 1.82) is 0 Å². The molecule has 0 saturated heterocycles. The predicted molar refractivity (Wildman–Crippen MR) is 61.5 cm³/mol. The van der Waals surface area contributed by atoms with E-state index in [0.29, 0.717) is 0 Å². The van der Waals surface area contributed by atoms with E-state index in [-0.39, 0.29) is 12.2 Å². The summed E-state index contributed by atoms with van der Waals surface area (Å²) in [5, 5.41) is 18.3. The Kier molecular flexibility index (Phi) is 3.55. The van der Waals surface area contributed by atoms with Crippen molar-refractivity contribution in [1.82, 2.24) is 0 Å². The predicted octanol–water partition coefficient (Wildman–Crippen LogP) is 1.79. The molecule has 1 rings (SSSR count). The van der Waals surface area contributed by atoms with Crippen LogP contribution in [0.25, 0.3) is 0 Å². The summed E-state index contributed by atoms with van der Waals surface area (Å²) >= 11 is 0. The Balaban J connectivity index is 3.23. The number of aromatic hydroxyl groups is 1. The van der Waals surface area contributed by atoms with Gasteiger partial charge in [0.05, 0.1) is 6.42 Å². The fraction of sp³-hybridized carbons (Fsp3) is 0.417. The van der Waals surface area contributed by atoms with Crippen molar-refractivity contribution in [2.75, 3.05) is 0 Å². The minimum Gasteiger partial charge on any atom is -0.508 e. The molecule has 0 amide bonds. The van der Waals surface area contributed by atoms with Crippen LogP contribution in [-0.2, 0) is 4.79 Å². The summed E-state index contributed by atoms with van der Waals surface area (Å²) < 4.78 is 0. The highest BCUT2D eigenvalue weighted by Gasteiger charge is 2.17. The van der Waals surface area contributed by atoms with Crippen LogP contribution in [0.2, 0.25) is 0 Å². The zero-order valence-electron chi connectivity index (χ0n) is 9.74. The second-order valence-electron chi connectivity index (χ2n) is 4.08. The maximum Gasteiger partial charge on any atom is 0.305 e. The molecule has 0 spiro atoms. The van der Waals surface area contributed by atoms with Gasteiger partial charge in [0.15, 0.2) is 0 Å². The molecule has 0 bridgehead atoms. The molecule has 4 N–H and O–H groups in total. The lowest BCUT2D eigenvalue weighted by atomic mass is 9.91. The molecule has 4 nitrogen and oxygen atoms in total. The lowest BCUT2D eigenvalue weighted by molar-refractivity contribution is -0.137. The normalized spacial score (nSPS) is 12.5. The summed E-state index contributed by atoms with van der Waals surface area (Å²) in [5.41, 5.74) is 9.12. The van der Waals surface area contributed by atoms with Crippen LogP contribution in [0.3, 0.4) is 0 Å². The molecule has 0 aromatic heterocycles. The Morgan fingerprint density at radius 1 is 1.38 bits per heavy atom. The molecule has 0 fully saturated rings. The number of carboxylic acid groups (broad SMARTS) is 1. The van der Waals surface area contributed by atoms with E-state index in [4.69, 9.17) is 10.8 Å². The number of nitrogens with two attached hydrogens (primary N) is 1. The van der Waals surface area contributed by atoms with Crippen LogP contribution in [0.4, 0.5) is 0 Å². The van der Waals surface area contributed by atoms with E-state index in [9.17, 15) is 9.90 Å². The van der Waals surface area contributed by atoms with Crippen molar-refractivity contribution >= 4 is 5.97 Å². The van der Waals surface area contributed by atoms with Crippen LogP contribution in [0.5, 0.6) is 5.75 Å². The Labute approximate surface area is 94.7 Å². The van der Waals surface area contributed by atoms with Crippen LogP contribution in [0, 0.1) is 20.8 Å². The van der Waals surface area contributed by atoms with E-state index in [0.717, 1.165) is 22.3 Å². The van der Waals surface area contributed by atoms with Gasteiger partial charge in [0.1, 0.15) is 5.75 Å². The molecule has 1 aromatic carbocycles. The number of rotatable bonds is 3. The highest BCUT2D eigenvalue weighted by Crippen LogP contribution is 2.30. The topological polar surface area (TPSA) is 83.5 Å². The maximum absolute atomic E-state index is 10.6. The van der Waals surface area contributed by atoms with E-state index in [1.165, 1.54) is 0 Å². The first-order chi connectivity index (χ1) is 7.34. The van der Waals surface area contributed by atoms with Crippen LogP contribution < -0.4 is 5.73 Å². The Morgan fingerprint density at radius 2 is 1.94 bits per heavy atom. The molecule has 1 atom stereocenters. The zero-order valence-corrected chi connectivity index (χ0v) is 9.74. The van der Waals surface area contributed by atoms with Gasteiger partial charge in [0.25, 0.3) is 0 Å². The first kappa shape index (κ1) is 12.5. The largest absolute Gasteiger partial charge is 0.508 e. The molecule has 0 aliphatic carbocycles. The van der Waals surface area contributed by atoms with Crippen molar-refractivity contribution in [2.45, 2.75) is 33.2 Å². The summed E-state index contributed by atoms with van der Waals surface area (Å²) in [5.74, 6) is -0.696. The van der Waals surface area contributed by atoms with Crippen molar-refractivity contribution in [3.63, 3.8) is 0 Å². The zero-order chi connectivity index (χ0) is 12.5. The summed E-state index contributed by atoms with van der Waals surface area (Å²) in [6, 6.07) is 1.09. The second kappa shape index (κ2) is 4.53. The quantitative estimate of drug-likeness (QED) is 0.729. The van der Waals surface area contributed by atoms with Crippen LogP contribution in [-0.4, -0.2) is 16.2 Å². The van der Waals surface area contributed by atoms with E-state index < -0.39 is 12.0 Å². The average molecular weight is 223 g/mol. The molecule has 4 heteroatoms. The van der Waals surface area contributed by atoms with Gasteiger partial charge in [0, 0.05) is 6.04 Å². The van der Waals surface area contributed by atoms with E-state index in [1.54, 1.807) is 13.0 Å². The standard InChI is InChI=1S/C12H17NO3/c1-6-4-10(14)7(2)8(3)12(6)9(13)5-11(15)16/h4,9,14H,5,13H2,1-3H3,(H,15,16). The molecule has 1 aromatic rings. The number of carboxylic acids is 1. The number of hydrogen-bond acceptors (Lipinski definition) is 3. The van der Waals surface area contributed by atoms with E-state index in [1.807, 2.05) is 13.8 Å². The van der Waals surface area contributed by atoms with Gasteiger partial charge < -0.3 is 15.9 Å². The van der Waals surface area contributed by atoms with Crippen LogP contribution in [0.15, 0.2) is 6.07 Å². The number of aliphatic carboxylic acids is 1. The third kappa shape index (κ3) is 2.33. The minimum absolute atomic E-state index is 0.105. The number of hydrogen-bond donors (Lipinski definition) is 3. The van der Waals surface area contributed by atoms with Crippen molar-refractivity contribution in [3.8, 4) is 5.75 Å². The van der Waals surface area contributed by atoms with Crippen LogP contribution >= 0.6 is 0 Å². The molecule has 0 heterocycles. The minimum atomic E-state index is -0.919.